The molecule has 1 aliphatic carbocycles. The number of rotatable bonds is 2. The summed E-state index contributed by atoms with van der Waals surface area (Å²) in [7, 11) is 0. The van der Waals surface area contributed by atoms with Gasteiger partial charge in [0.05, 0.1) is 0 Å². The molecule has 2 atom stereocenters. The second-order valence-electron chi connectivity index (χ2n) is 6.33. The zero-order valence-corrected chi connectivity index (χ0v) is 12.5. The standard InChI is InChI=1S/C17H27N/c1-11-9-14(4)17(15(5)10-11)18-16-12(2)7-6-8-13(16)3/h9-10,12-13,16,18H,6-8H2,1-5H3. The zero-order valence-electron chi connectivity index (χ0n) is 12.5. The molecule has 0 radical (unpaired) electrons. The molecule has 0 amide bonds. The fraction of sp³-hybridized carbons (Fsp3) is 0.647. The SMILES string of the molecule is Cc1cc(C)c(NC2C(C)CCCC2C)c(C)c1. The minimum absolute atomic E-state index is 0.638. The molecular formula is C17H27N. The van der Waals surface area contributed by atoms with Gasteiger partial charge in [-0.1, -0.05) is 38.0 Å². The van der Waals surface area contributed by atoms with Crippen molar-refractivity contribution in [3.8, 4) is 0 Å². The molecule has 0 heterocycles. The van der Waals surface area contributed by atoms with Crippen molar-refractivity contribution in [2.45, 2.75) is 59.9 Å². The van der Waals surface area contributed by atoms with Gasteiger partial charge in [0.1, 0.15) is 0 Å². The van der Waals surface area contributed by atoms with Crippen LogP contribution in [0.1, 0.15) is 49.8 Å². The van der Waals surface area contributed by atoms with Crippen LogP contribution in [-0.4, -0.2) is 6.04 Å². The van der Waals surface area contributed by atoms with E-state index in [1.54, 1.807) is 0 Å². The van der Waals surface area contributed by atoms with E-state index in [0.29, 0.717) is 6.04 Å². The van der Waals surface area contributed by atoms with Gasteiger partial charge in [0.2, 0.25) is 0 Å². The molecule has 0 bridgehead atoms. The van der Waals surface area contributed by atoms with Crippen molar-refractivity contribution in [3.05, 3.63) is 28.8 Å². The number of aryl methyl sites for hydroxylation is 3. The fourth-order valence-corrected chi connectivity index (χ4v) is 3.54. The predicted octanol–water partition coefficient (Wildman–Crippen LogP) is 4.85. The molecule has 1 fully saturated rings. The number of anilines is 1. The number of hydrogen-bond donors (Lipinski definition) is 1. The van der Waals surface area contributed by atoms with E-state index in [1.165, 1.54) is 41.6 Å². The minimum atomic E-state index is 0.638. The maximum Gasteiger partial charge on any atom is 0.0402 e. The Labute approximate surface area is 112 Å². The normalized spacial score (nSPS) is 28.2. The third-order valence-corrected chi connectivity index (χ3v) is 4.53. The lowest BCUT2D eigenvalue weighted by Gasteiger charge is -2.36. The summed E-state index contributed by atoms with van der Waals surface area (Å²) in [6.07, 6.45) is 4.13. The quantitative estimate of drug-likeness (QED) is 0.785. The van der Waals surface area contributed by atoms with E-state index < -0.39 is 0 Å². The Balaban J connectivity index is 2.23. The summed E-state index contributed by atoms with van der Waals surface area (Å²) in [4.78, 5) is 0. The van der Waals surface area contributed by atoms with Gasteiger partial charge in [0.25, 0.3) is 0 Å². The van der Waals surface area contributed by atoms with Crippen molar-refractivity contribution in [1.82, 2.24) is 0 Å². The van der Waals surface area contributed by atoms with Gasteiger partial charge >= 0.3 is 0 Å². The summed E-state index contributed by atoms with van der Waals surface area (Å²) < 4.78 is 0. The Bertz CT molecular complexity index is 389. The molecule has 0 spiro atoms. The summed E-state index contributed by atoms with van der Waals surface area (Å²) in [5.74, 6) is 1.57. The highest BCUT2D eigenvalue weighted by atomic mass is 14.9. The molecular weight excluding hydrogens is 218 g/mol. The molecule has 1 N–H and O–H groups in total. The summed E-state index contributed by atoms with van der Waals surface area (Å²) in [6, 6.07) is 5.21. The molecule has 1 aliphatic rings. The van der Waals surface area contributed by atoms with Crippen molar-refractivity contribution in [2.75, 3.05) is 5.32 Å². The molecule has 1 nitrogen and oxygen atoms in total. The van der Waals surface area contributed by atoms with Gasteiger partial charge in [-0.05, 0) is 56.6 Å². The van der Waals surface area contributed by atoms with E-state index in [9.17, 15) is 0 Å². The highest BCUT2D eigenvalue weighted by Crippen LogP contribution is 2.33. The van der Waals surface area contributed by atoms with E-state index in [-0.39, 0.29) is 0 Å². The Morgan fingerprint density at radius 1 is 0.944 bits per heavy atom. The summed E-state index contributed by atoms with van der Waals surface area (Å²) >= 11 is 0. The van der Waals surface area contributed by atoms with E-state index in [1.807, 2.05) is 0 Å². The van der Waals surface area contributed by atoms with Crippen LogP contribution >= 0.6 is 0 Å². The number of hydrogen-bond acceptors (Lipinski definition) is 1. The van der Waals surface area contributed by atoms with Crippen molar-refractivity contribution < 1.29 is 0 Å². The molecule has 0 aromatic heterocycles. The second kappa shape index (κ2) is 5.34. The minimum Gasteiger partial charge on any atom is -0.381 e. The summed E-state index contributed by atoms with van der Waals surface area (Å²) in [5.41, 5.74) is 5.50. The molecule has 2 rings (SSSR count). The van der Waals surface area contributed by atoms with E-state index in [0.717, 1.165) is 11.8 Å². The molecule has 2 unspecified atom stereocenters. The van der Waals surface area contributed by atoms with Crippen LogP contribution in [0.25, 0.3) is 0 Å². The smallest absolute Gasteiger partial charge is 0.0402 e. The van der Waals surface area contributed by atoms with Crippen molar-refractivity contribution in [3.63, 3.8) is 0 Å². The first-order chi connectivity index (χ1) is 8.49. The maximum absolute atomic E-state index is 3.84. The summed E-state index contributed by atoms with van der Waals surface area (Å²) in [6.45, 7) is 11.4. The maximum atomic E-state index is 3.84. The van der Waals surface area contributed by atoms with Gasteiger partial charge in [0.15, 0.2) is 0 Å². The molecule has 18 heavy (non-hydrogen) atoms. The lowest BCUT2D eigenvalue weighted by atomic mass is 9.78. The second-order valence-corrected chi connectivity index (χ2v) is 6.33. The Morgan fingerprint density at radius 3 is 1.94 bits per heavy atom. The van der Waals surface area contributed by atoms with E-state index >= 15 is 0 Å². The van der Waals surface area contributed by atoms with Crippen LogP contribution in [0.5, 0.6) is 0 Å². The van der Waals surface area contributed by atoms with E-state index in [2.05, 4.69) is 52.1 Å². The average molecular weight is 245 g/mol. The van der Waals surface area contributed by atoms with Crippen LogP contribution in [0.15, 0.2) is 12.1 Å². The average Bonchev–Trinajstić information content (AvgIpc) is 2.26. The van der Waals surface area contributed by atoms with Crippen molar-refractivity contribution in [1.29, 1.82) is 0 Å². The molecule has 1 heteroatoms. The van der Waals surface area contributed by atoms with Gasteiger partial charge in [0, 0.05) is 11.7 Å². The first-order valence-corrected chi connectivity index (χ1v) is 7.33. The monoisotopic (exact) mass is 245 g/mol. The zero-order chi connectivity index (χ0) is 13.3. The topological polar surface area (TPSA) is 12.0 Å². The Morgan fingerprint density at radius 2 is 1.44 bits per heavy atom. The molecule has 1 saturated carbocycles. The lowest BCUT2D eigenvalue weighted by molar-refractivity contribution is 0.268. The Hall–Kier alpha value is -0.980. The highest BCUT2D eigenvalue weighted by molar-refractivity contribution is 5.58. The van der Waals surface area contributed by atoms with Gasteiger partial charge < -0.3 is 5.32 Å². The summed E-state index contributed by atoms with van der Waals surface area (Å²) in [5, 5.41) is 3.84. The predicted molar refractivity (Wildman–Crippen MR) is 80.2 cm³/mol. The first-order valence-electron chi connectivity index (χ1n) is 7.33. The molecule has 1 aromatic carbocycles. The van der Waals surface area contributed by atoms with Crippen LogP contribution in [0.3, 0.4) is 0 Å². The highest BCUT2D eigenvalue weighted by Gasteiger charge is 2.28. The van der Waals surface area contributed by atoms with Crippen molar-refractivity contribution >= 4 is 5.69 Å². The van der Waals surface area contributed by atoms with Gasteiger partial charge in [-0.2, -0.15) is 0 Å². The van der Waals surface area contributed by atoms with Crippen LogP contribution < -0.4 is 5.32 Å². The Kier molecular flexibility index (Phi) is 3.99. The van der Waals surface area contributed by atoms with Crippen LogP contribution in [-0.2, 0) is 0 Å². The molecule has 100 valence electrons. The molecule has 0 saturated heterocycles. The van der Waals surface area contributed by atoms with Crippen LogP contribution in [0.4, 0.5) is 5.69 Å². The first kappa shape index (κ1) is 13.5. The van der Waals surface area contributed by atoms with Crippen LogP contribution in [0.2, 0.25) is 0 Å². The lowest BCUT2D eigenvalue weighted by Crippen LogP contribution is -2.37. The van der Waals surface area contributed by atoms with Gasteiger partial charge in [-0.3, -0.25) is 0 Å². The van der Waals surface area contributed by atoms with E-state index in [4.69, 9.17) is 0 Å². The third-order valence-electron chi connectivity index (χ3n) is 4.53. The van der Waals surface area contributed by atoms with Crippen LogP contribution in [0, 0.1) is 32.6 Å². The van der Waals surface area contributed by atoms with Gasteiger partial charge in [-0.15, -0.1) is 0 Å². The third kappa shape index (κ3) is 2.71. The molecule has 1 aromatic rings. The molecule has 0 aliphatic heterocycles. The number of nitrogens with one attached hydrogen (secondary N) is 1. The number of benzene rings is 1. The van der Waals surface area contributed by atoms with Crippen molar-refractivity contribution in [2.24, 2.45) is 11.8 Å². The largest absolute Gasteiger partial charge is 0.381 e. The van der Waals surface area contributed by atoms with Gasteiger partial charge in [-0.25, -0.2) is 0 Å². The fourth-order valence-electron chi connectivity index (χ4n) is 3.54.